The van der Waals surface area contributed by atoms with Crippen molar-refractivity contribution in [3.8, 4) is 22.5 Å². The highest BCUT2D eigenvalue weighted by atomic mass is 35.5. The van der Waals surface area contributed by atoms with Crippen LogP contribution in [-0.2, 0) is 0 Å². The zero-order chi connectivity index (χ0) is 23.2. The number of halogens is 2. The quantitative estimate of drug-likeness (QED) is 0.258. The van der Waals surface area contributed by atoms with E-state index in [1.54, 1.807) is 42.7 Å². The lowest BCUT2D eigenvalue weighted by Gasteiger charge is -2.01. The van der Waals surface area contributed by atoms with Gasteiger partial charge in [-0.3, -0.25) is 4.98 Å². The molecule has 3 rings (SSSR count). The Hall–Kier alpha value is -2.70. The van der Waals surface area contributed by atoms with Crippen LogP contribution in [0.3, 0.4) is 0 Å². The van der Waals surface area contributed by atoms with Crippen molar-refractivity contribution in [1.29, 1.82) is 0 Å². The van der Waals surface area contributed by atoms with Gasteiger partial charge in [0.15, 0.2) is 0 Å². The molecule has 0 fully saturated rings. The standard InChI is InChI=1S/C16H11FN2O2.C10H23N.ClH/c17-12-3-1-11(2-4-12)15-13(16(20)21)9-14(19-15)10-5-7-18-8-6-10;1-2-3-4-5-6-7-8-9-10-11;/h1-9,19H,(H,20,21);2-11H2,1H3;1H. The fourth-order valence-corrected chi connectivity index (χ4v) is 3.43. The second kappa shape index (κ2) is 16.0. The molecule has 0 spiro atoms. The summed E-state index contributed by atoms with van der Waals surface area (Å²) in [5.41, 5.74) is 8.12. The molecule has 0 amide bonds. The van der Waals surface area contributed by atoms with Crippen molar-refractivity contribution in [2.45, 2.75) is 58.3 Å². The minimum Gasteiger partial charge on any atom is -0.478 e. The summed E-state index contributed by atoms with van der Waals surface area (Å²) in [6, 6.07) is 10.8. The number of rotatable bonds is 11. The number of hydrogen-bond donors (Lipinski definition) is 3. The zero-order valence-corrected chi connectivity index (χ0v) is 20.0. The molecule has 0 bridgehead atoms. The van der Waals surface area contributed by atoms with E-state index in [4.69, 9.17) is 5.73 Å². The van der Waals surface area contributed by atoms with Crippen LogP contribution in [0.15, 0.2) is 54.9 Å². The van der Waals surface area contributed by atoms with Gasteiger partial charge in [-0.1, -0.05) is 51.9 Å². The molecule has 0 aliphatic carbocycles. The van der Waals surface area contributed by atoms with Gasteiger partial charge in [0.25, 0.3) is 0 Å². The lowest BCUT2D eigenvalue weighted by Crippen LogP contribution is -1.97. The van der Waals surface area contributed by atoms with Gasteiger partial charge in [-0.2, -0.15) is 0 Å². The first-order valence-corrected chi connectivity index (χ1v) is 11.4. The molecule has 2 aromatic heterocycles. The van der Waals surface area contributed by atoms with E-state index in [1.165, 1.54) is 63.5 Å². The maximum absolute atomic E-state index is 13.0. The van der Waals surface area contributed by atoms with E-state index in [-0.39, 0.29) is 23.8 Å². The predicted molar refractivity (Wildman–Crippen MR) is 135 cm³/mol. The fourth-order valence-electron chi connectivity index (χ4n) is 3.43. The third-order valence-corrected chi connectivity index (χ3v) is 5.23. The number of pyridine rings is 1. The van der Waals surface area contributed by atoms with Crippen LogP contribution in [-0.4, -0.2) is 27.6 Å². The molecular weight excluding hydrogens is 441 g/mol. The van der Waals surface area contributed by atoms with E-state index >= 15 is 0 Å². The Kier molecular flexibility index (Phi) is 13.7. The second-order valence-corrected chi connectivity index (χ2v) is 7.78. The summed E-state index contributed by atoms with van der Waals surface area (Å²) in [7, 11) is 0. The second-order valence-electron chi connectivity index (χ2n) is 7.78. The summed E-state index contributed by atoms with van der Waals surface area (Å²) in [4.78, 5) is 18.4. The van der Waals surface area contributed by atoms with Crippen molar-refractivity contribution in [3.05, 3.63) is 66.2 Å². The van der Waals surface area contributed by atoms with Crippen LogP contribution in [0.1, 0.15) is 68.6 Å². The van der Waals surface area contributed by atoms with Crippen LogP contribution in [0.25, 0.3) is 22.5 Å². The maximum Gasteiger partial charge on any atom is 0.337 e. The normalized spacial score (nSPS) is 10.2. The topological polar surface area (TPSA) is 92.0 Å². The molecule has 5 nitrogen and oxygen atoms in total. The van der Waals surface area contributed by atoms with E-state index in [9.17, 15) is 14.3 Å². The van der Waals surface area contributed by atoms with Crippen LogP contribution < -0.4 is 5.73 Å². The van der Waals surface area contributed by atoms with Crippen molar-refractivity contribution in [1.82, 2.24) is 9.97 Å². The molecule has 0 atom stereocenters. The molecule has 3 aromatic rings. The number of nitrogens with two attached hydrogens (primary N) is 1. The number of carboxylic acid groups (broad SMARTS) is 1. The molecule has 0 aliphatic heterocycles. The smallest absolute Gasteiger partial charge is 0.337 e. The highest BCUT2D eigenvalue weighted by Gasteiger charge is 2.16. The van der Waals surface area contributed by atoms with Crippen molar-refractivity contribution in [2.24, 2.45) is 5.73 Å². The zero-order valence-electron chi connectivity index (χ0n) is 19.2. The van der Waals surface area contributed by atoms with Gasteiger partial charge in [0.05, 0.1) is 11.3 Å². The number of nitrogens with zero attached hydrogens (tertiary/aromatic N) is 1. The summed E-state index contributed by atoms with van der Waals surface area (Å²) < 4.78 is 13.0. The van der Waals surface area contributed by atoms with E-state index in [1.807, 2.05) is 0 Å². The molecule has 2 heterocycles. The van der Waals surface area contributed by atoms with Gasteiger partial charge in [0, 0.05) is 23.7 Å². The number of unbranched alkanes of at least 4 members (excludes halogenated alkanes) is 7. The first kappa shape index (κ1) is 28.3. The van der Waals surface area contributed by atoms with Gasteiger partial charge in [0.1, 0.15) is 5.82 Å². The largest absolute Gasteiger partial charge is 0.478 e. The van der Waals surface area contributed by atoms with Gasteiger partial charge in [-0.15, -0.1) is 12.4 Å². The van der Waals surface area contributed by atoms with Crippen LogP contribution in [0.2, 0.25) is 0 Å². The first-order valence-electron chi connectivity index (χ1n) is 11.4. The molecular formula is C26H35ClFN3O2. The molecule has 33 heavy (non-hydrogen) atoms. The number of benzene rings is 1. The van der Waals surface area contributed by atoms with Gasteiger partial charge in [0.2, 0.25) is 0 Å². The Bertz CT molecular complexity index is 922. The van der Waals surface area contributed by atoms with Gasteiger partial charge in [-0.25, -0.2) is 9.18 Å². The molecule has 0 unspecified atom stereocenters. The number of aromatic amines is 1. The molecule has 0 radical (unpaired) electrons. The molecule has 0 saturated heterocycles. The third-order valence-electron chi connectivity index (χ3n) is 5.23. The fraction of sp³-hybridized carbons (Fsp3) is 0.385. The van der Waals surface area contributed by atoms with Crippen molar-refractivity contribution < 1.29 is 14.3 Å². The van der Waals surface area contributed by atoms with Crippen LogP contribution in [0, 0.1) is 5.82 Å². The Morgan fingerprint density at radius 3 is 2.06 bits per heavy atom. The Morgan fingerprint density at radius 2 is 1.52 bits per heavy atom. The lowest BCUT2D eigenvalue weighted by atomic mass is 10.1. The minimum atomic E-state index is -1.04. The summed E-state index contributed by atoms with van der Waals surface area (Å²) in [6.07, 6.45) is 14.2. The van der Waals surface area contributed by atoms with Crippen molar-refractivity contribution in [3.63, 3.8) is 0 Å². The lowest BCUT2D eigenvalue weighted by molar-refractivity contribution is 0.0698. The summed E-state index contributed by atoms with van der Waals surface area (Å²) in [5, 5.41) is 9.34. The number of H-pyrrole nitrogens is 1. The van der Waals surface area contributed by atoms with E-state index < -0.39 is 5.97 Å². The molecule has 0 saturated carbocycles. The number of carboxylic acids is 1. The van der Waals surface area contributed by atoms with Crippen LogP contribution in [0.4, 0.5) is 4.39 Å². The summed E-state index contributed by atoms with van der Waals surface area (Å²) in [5.74, 6) is -1.40. The predicted octanol–water partition coefficient (Wildman–Crippen LogP) is 7.09. The Balaban J connectivity index is 0.000000391. The monoisotopic (exact) mass is 475 g/mol. The molecule has 0 aliphatic rings. The first-order chi connectivity index (χ1) is 15.6. The minimum absolute atomic E-state index is 0. The molecule has 7 heteroatoms. The van der Waals surface area contributed by atoms with Crippen molar-refractivity contribution >= 4 is 18.4 Å². The molecule has 1 aromatic carbocycles. The number of aromatic nitrogens is 2. The van der Waals surface area contributed by atoms with Gasteiger partial charge < -0.3 is 15.8 Å². The summed E-state index contributed by atoms with van der Waals surface area (Å²) in [6.45, 7) is 3.13. The van der Waals surface area contributed by atoms with Crippen LogP contribution in [0.5, 0.6) is 0 Å². The average molecular weight is 476 g/mol. The van der Waals surface area contributed by atoms with E-state index in [0.29, 0.717) is 17.0 Å². The Labute approximate surface area is 202 Å². The van der Waals surface area contributed by atoms with Gasteiger partial charge >= 0.3 is 5.97 Å². The maximum atomic E-state index is 13.0. The number of hydrogen-bond acceptors (Lipinski definition) is 3. The SMILES string of the molecule is CCCCCCCCCCN.Cl.O=C(O)c1cc(-c2ccncc2)[nH]c1-c1ccc(F)cc1. The van der Waals surface area contributed by atoms with Crippen molar-refractivity contribution in [2.75, 3.05) is 6.54 Å². The molecule has 180 valence electrons. The van der Waals surface area contributed by atoms with E-state index in [2.05, 4.69) is 16.9 Å². The number of nitrogens with one attached hydrogen (secondary N) is 1. The highest BCUT2D eigenvalue weighted by Crippen LogP contribution is 2.29. The van der Waals surface area contributed by atoms with Gasteiger partial charge in [-0.05, 0) is 61.0 Å². The molecule has 4 N–H and O–H groups in total. The third kappa shape index (κ3) is 9.76. The van der Waals surface area contributed by atoms with Crippen LogP contribution >= 0.6 is 12.4 Å². The average Bonchev–Trinajstić information content (AvgIpc) is 3.26. The summed E-state index contributed by atoms with van der Waals surface area (Å²) >= 11 is 0. The highest BCUT2D eigenvalue weighted by molar-refractivity contribution is 5.97. The van der Waals surface area contributed by atoms with E-state index in [0.717, 1.165) is 12.1 Å². The number of carbonyl (C=O) groups is 1. The Morgan fingerprint density at radius 1 is 0.939 bits per heavy atom. The number of aromatic carboxylic acids is 1.